The van der Waals surface area contributed by atoms with Crippen LogP contribution in [0.4, 0.5) is 4.79 Å². The predicted octanol–water partition coefficient (Wildman–Crippen LogP) is 2.94. The van der Waals surface area contributed by atoms with Gasteiger partial charge in [-0.3, -0.25) is 18.7 Å². The van der Waals surface area contributed by atoms with Gasteiger partial charge in [0.15, 0.2) is 6.04 Å². The molecule has 19 heteroatoms. The van der Waals surface area contributed by atoms with Crippen molar-refractivity contribution in [2.45, 2.75) is 62.3 Å². The number of benzene rings is 1. The summed E-state index contributed by atoms with van der Waals surface area (Å²) in [4.78, 5) is 79.3. The van der Waals surface area contributed by atoms with Gasteiger partial charge in [-0.15, -0.1) is 12.4 Å². The third-order valence-corrected chi connectivity index (χ3v) is 7.99. The van der Waals surface area contributed by atoms with Crippen LogP contribution in [-0.4, -0.2) is 118 Å². The second-order valence-electron chi connectivity index (χ2n) is 10.8. The normalized spacial score (nSPS) is 13.5. The lowest BCUT2D eigenvalue weighted by Gasteiger charge is -2.36. The van der Waals surface area contributed by atoms with Gasteiger partial charge in [0.25, 0.3) is 0 Å². The van der Waals surface area contributed by atoms with E-state index in [9.17, 15) is 28.8 Å². The Labute approximate surface area is 306 Å². The van der Waals surface area contributed by atoms with E-state index in [2.05, 4.69) is 5.32 Å². The van der Waals surface area contributed by atoms with E-state index in [-0.39, 0.29) is 30.7 Å². The number of amides is 4. The number of carbonyl (C=O) groups excluding carboxylic acids is 6. The van der Waals surface area contributed by atoms with Crippen LogP contribution in [0.2, 0.25) is 0 Å². The zero-order valence-electron chi connectivity index (χ0n) is 27.6. The minimum atomic E-state index is -1.96. The first kappa shape index (κ1) is 45.3. The lowest BCUT2D eigenvalue weighted by Crippen LogP contribution is -2.57. The Balaban J connectivity index is 0.0000221. The molecule has 0 saturated carbocycles. The highest BCUT2D eigenvalue weighted by molar-refractivity contribution is 7.97. The summed E-state index contributed by atoms with van der Waals surface area (Å²) in [7, 11) is 4.27. The molecule has 4 atom stereocenters. The van der Waals surface area contributed by atoms with Gasteiger partial charge in [-0.25, -0.2) is 14.4 Å². The minimum absolute atomic E-state index is 0. The lowest BCUT2D eigenvalue weighted by atomic mass is 10.0. The number of hydrogen-bond donors (Lipinski definition) is 2. The number of likely N-dealkylation sites (N-methyl/N-ethyl adjacent to an activating group) is 2. The van der Waals surface area contributed by atoms with Gasteiger partial charge in [0, 0.05) is 33.8 Å². The zero-order valence-corrected chi connectivity index (χ0v) is 31.5. The van der Waals surface area contributed by atoms with E-state index >= 15 is 0 Å². The van der Waals surface area contributed by atoms with Gasteiger partial charge >= 0.3 is 18.0 Å². The van der Waals surface area contributed by atoms with Crippen molar-refractivity contribution in [3.05, 3.63) is 35.9 Å². The molecule has 1 aromatic rings. The molecule has 0 radical (unpaired) electrons. The Bertz CT molecular complexity index is 1240. The van der Waals surface area contributed by atoms with Crippen molar-refractivity contribution in [1.82, 2.24) is 19.4 Å². The number of nitrogens with one attached hydrogen (secondary N) is 1. The number of rotatable bonds is 16. The molecule has 1 rings (SSSR count). The molecule has 1 aromatic carbocycles. The maximum atomic E-state index is 13.8. The molecular formula is C29H43Cl4N5O9S. The van der Waals surface area contributed by atoms with E-state index in [1.807, 2.05) is 0 Å². The van der Waals surface area contributed by atoms with E-state index in [0.29, 0.717) is 5.56 Å². The van der Waals surface area contributed by atoms with Gasteiger partial charge in [0.2, 0.25) is 21.5 Å². The number of esters is 2. The Morgan fingerprint density at radius 1 is 0.896 bits per heavy atom. The van der Waals surface area contributed by atoms with Crippen LogP contribution in [0.1, 0.15) is 33.3 Å². The Morgan fingerprint density at radius 3 is 1.98 bits per heavy atom. The Hall–Kier alpha value is -2.69. The van der Waals surface area contributed by atoms with E-state index in [1.54, 1.807) is 44.2 Å². The molecule has 0 unspecified atom stereocenters. The van der Waals surface area contributed by atoms with Crippen molar-refractivity contribution in [3.8, 4) is 0 Å². The van der Waals surface area contributed by atoms with Gasteiger partial charge in [-0.05, 0) is 30.4 Å². The molecule has 3 N–H and O–H groups in total. The quantitative estimate of drug-likeness (QED) is 0.109. The highest BCUT2D eigenvalue weighted by atomic mass is 35.6. The summed E-state index contributed by atoms with van der Waals surface area (Å²) in [5.41, 5.74) is 6.45. The van der Waals surface area contributed by atoms with Crippen molar-refractivity contribution in [1.29, 1.82) is 0 Å². The number of ether oxygens (including phenoxy) is 3. The Kier molecular flexibility index (Phi) is 20.2. The molecule has 272 valence electrons. The smallest absolute Gasteiger partial charge is 0.408 e. The number of hydrogen-bond acceptors (Lipinski definition) is 11. The number of halogens is 4. The fourth-order valence-electron chi connectivity index (χ4n) is 3.93. The average molecular weight is 780 g/mol. The topological polar surface area (TPSA) is 178 Å². The summed E-state index contributed by atoms with van der Waals surface area (Å²) in [5, 5.41) is 2.28. The summed E-state index contributed by atoms with van der Waals surface area (Å²) in [6.07, 6.45) is -1.02. The molecule has 48 heavy (non-hydrogen) atoms. The van der Waals surface area contributed by atoms with E-state index in [4.69, 9.17) is 54.7 Å². The average Bonchev–Trinajstić information content (AvgIpc) is 2.99. The van der Waals surface area contributed by atoms with E-state index in [0.717, 1.165) is 21.7 Å². The Morgan fingerprint density at radius 2 is 1.48 bits per heavy atom. The fourth-order valence-corrected chi connectivity index (χ4v) is 5.00. The van der Waals surface area contributed by atoms with Crippen molar-refractivity contribution < 1.29 is 43.0 Å². The maximum absolute atomic E-state index is 13.8. The first-order valence-corrected chi connectivity index (χ1v) is 16.4. The first-order valence-electron chi connectivity index (χ1n) is 14.3. The number of carbonyl (C=O) groups is 6. The van der Waals surface area contributed by atoms with Gasteiger partial charge in [-0.1, -0.05) is 79.0 Å². The zero-order chi connectivity index (χ0) is 36.1. The van der Waals surface area contributed by atoms with Crippen molar-refractivity contribution in [2.75, 3.05) is 40.1 Å². The van der Waals surface area contributed by atoms with Crippen LogP contribution < -0.4 is 11.1 Å². The minimum Gasteiger partial charge on any atom is -0.461 e. The van der Waals surface area contributed by atoms with Gasteiger partial charge in [0.05, 0.1) is 6.04 Å². The number of alkyl carbamates (subject to hydrolysis) is 1. The molecule has 0 aliphatic carbocycles. The molecule has 0 saturated heterocycles. The van der Waals surface area contributed by atoms with Crippen LogP contribution >= 0.6 is 59.2 Å². The van der Waals surface area contributed by atoms with Crippen molar-refractivity contribution in [2.24, 2.45) is 11.7 Å². The summed E-state index contributed by atoms with van der Waals surface area (Å²) in [6, 6.07) is 3.90. The van der Waals surface area contributed by atoms with Crippen LogP contribution in [0, 0.1) is 5.92 Å². The molecular weight excluding hydrogens is 736 g/mol. The molecule has 0 heterocycles. The van der Waals surface area contributed by atoms with Crippen LogP contribution in [0.5, 0.6) is 0 Å². The van der Waals surface area contributed by atoms with Gasteiger partial charge in [0.1, 0.15) is 31.9 Å². The highest BCUT2D eigenvalue weighted by Crippen LogP contribution is 2.26. The first-order chi connectivity index (χ1) is 21.8. The molecule has 0 bridgehead atoms. The van der Waals surface area contributed by atoms with E-state index < -0.39 is 76.9 Å². The standard InChI is InChI=1S/C29H42Cl3N5O9S.ClH/c1-17(2)23(36(6)25(40)22(15-47-37(7)19(4)38)35(5)24(39)18(3)33)27(42)44-14-21(26(41)46-16-29(30,31)32)34-28(43)45-13-20-11-9-8-10-12-20;/h8-12,17-18,21-23H,13-16,33H2,1-7H3,(H,34,43);1H/t18-,21+,22-,23-;/m0./s1. The molecule has 0 aliphatic heterocycles. The van der Waals surface area contributed by atoms with Crippen LogP contribution in [0.15, 0.2) is 30.3 Å². The largest absolute Gasteiger partial charge is 0.461 e. The SMILES string of the molecule is CC(=O)N(C)SC[C@@H](C(=O)N(C)[C@H](C(=O)OC[C@@H](NC(=O)OCc1ccccc1)C(=O)OCC(Cl)(Cl)Cl)C(C)C)N(C)C(=O)[C@H](C)N.Cl. The van der Waals surface area contributed by atoms with Crippen molar-refractivity contribution in [3.63, 3.8) is 0 Å². The maximum Gasteiger partial charge on any atom is 0.408 e. The van der Waals surface area contributed by atoms with E-state index in [1.165, 1.54) is 39.3 Å². The van der Waals surface area contributed by atoms with Crippen LogP contribution in [-0.2, 0) is 44.8 Å². The monoisotopic (exact) mass is 777 g/mol. The van der Waals surface area contributed by atoms with Crippen LogP contribution in [0.25, 0.3) is 0 Å². The molecule has 0 aromatic heterocycles. The molecule has 0 aliphatic rings. The van der Waals surface area contributed by atoms with Gasteiger partial charge < -0.3 is 35.1 Å². The number of nitrogens with two attached hydrogens (primary N) is 1. The fraction of sp³-hybridized carbons (Fsp3) is 0.586. The number of nitrogens with zero attached hydrogens (tertiary/aromatic N) is 3. The summed E-state index contributed by atoms with van der Waals surface area (Å²) in [6.45, 7) is 4.61. The van der Waals surface area contributed by atoms with Crippen molar-refractivity contribution >= 4 is 94.9 Å². The lowest BCUT2D eigenvalue weighted by molar-refractivity contribution is -0.161. The second kappa shape index (κ2) is 21.4. The molecule has 0 spiro atoms. The highest BCUT2D eigenvalue weighted by Gasteiger charge is 2.39. The summed E-state index contributed by atoms with van der Waals surface area (Å²) in [5.74, 6) is -4.01. The second-order valence-corrected chi connectivity index (χ2v) is 14.5. The predicted molar refractivity (Wildman–Crippen MR) is 186 cm³/mol. The molecule has 4 amide bonds. The third kappa shape index (κ3) is 15.7. The third-order valence-electron chi connectivity index (χ3n) is 6.56. The molecule has 14 nitrogen and oxygen atoms in total. The number of alkyl halides is 3. The van der Waals surface area contributed by atoms with Gasteiger partial charge in [-0.2, -0.15) is 0 Å². The van der Waals surface area contributed by atoms with Crippen LogP contribution in [0.3, 0.4) is 0 Å². The summed E-state index contributed by atoms with van der Waals surface area (Å²) >= 11 is 18.0. The molecule has 0 fully saturated rings. The summed E-state index contributed by atoms with van der Waals surface area (Å²) < 4.78 is 14.9.